The smallest absolute Gasteiger partial charge is 0.317 e. The van der Waals surface area contributed by atoms with Crippen LogP contribution in [0.3, 0.4) is 0 Å². The van der Waals surface area contributed by atoms with Crippen LogP contribution in [0.25, 0.3) is 0 Å². The van der Waals surface area contributed by atoms with E-state index in [2.05, 4.69) is 18.3 Å². The Morgan fingerprint density at radius 2 is 2.33 bits per heavy atom. The van der Waals surface area contributed by atoms with E-state index in [0.29, 0.717) is 12.5 Å². The minimum Gasteiger partial charge on any atom is -0.381 e. The molecule has 4 nitrogen and oxygen atoms in total. The van der Waals surface area contributed by atoms with Gasteiger partial charge in [0.25, 0.3) is 0 Å². The highest BCUT2D eigenvalue weighted by Gasteiger charge is 2.26. The maximum absolute atomic E-state index is 12.4. The number of amides is 2. The van der Waals surface area contributed by atoms with Gasteiger partial charge in [-0.1, -0.05) is 17.7 Å². The Hall–Kier alpha value is -1.26. The van der Waals surface area contributed by atoms with Crippen molar-refractivity contribution in [1.82, 2.24) is 10.2 Å². The lowest BCUT2D eigenvalue weighted by atomic mass is 9.99. The van der Waals surface area contributed by atoms with Crippen LogP contribution in [0.2, 0.25) is 5.02 Å². The highest BCUT2D eigenvalue weighted by atomic mass is 35.5. The van der Waals surface area contributed by atoms with Gasteiger partial charge in [0, 0.05) is 36.7 Å². The molecular formula is C16H21ClN2O2. The molecule has 1 aromatic rings. The summed E-state index contributed by atoms with van der Waals surface area (Å²) in [5, 5.41) is 3.84. The maximum Gasteiger partial charge on any atom is 0.317 e. The molecule has 3 rings (SSSR count). The molecule has 5 heteroatoms. The first-order chi connectivity index (χ1) is 10.1. The van der Waals surface area contributed by atoms with Crippen LogP contribution in [0.15, 0.2) is 18.2 Å². The zero-order chi connectivity index (χ0) is 14.8. The first-order valence-corrected chi connectivity index (χ1v) is 7.92. The Morgan fingerprint density at radius 1 is 1.48 bits per heavy atom. The fourth-order valence-electron chi connectivity index (χ4n) is 3.05. The summed E-state index contributed by atoms with van der Waals surface area (Å²) in [7, 11) is 0. The topological polar surface area (TPSA) is 41.6 Å². The number of ether oxygens (including phenoxy) is 1. The molecule has 0 aromatic heterocycles. The number of nitrogens with one attached hydrogen (secondary N) is 1. The number of hydrogen-bond donors (Lipinski definition) is 1. The number of rotatable bonds is 2. The van der Waals surface area contributed by atoms with E-state index in [1.54, 1.807) is 0 Å². The van der Waals surface area contributed by atoms with E-state index in [1.165, 1.54) is 5.56 Å². The first-order valence-electron chi connectivity index (χ1n) is 7.54. The fraction of sp³-hybridized carbons (Fsp3) is 0.562. The van der Waals surface area contributed by atoms with Crippen molar-refractivity contribution in [3.8, 4) is 0 Å². The monoisotopic (exact) mass is 308 g/mol. The van der Waals surface area contributed by atoms with Gasteiger partial charge in [0.05, 0.1) is 6.61 Å². The fourth-order valence-corrected chi connectivity index (χ4v) is 3.24. The lowest BCUT2D eigenvalue weighted by Gasteiger charge is -2.31. The molecule has 2 unspecified atom stereocenters. The summed E-state index contributed by atoms with van der Waals surface area (Å²) in [6.45, 7) is 5.01. The van der Waals surface area contributed by atoms with E-state index < -0.39 is 0 Å². The molecule has 1 fully saturated rings. The highest BCUT2D eigenvalue weighted by molar-refractivity contribution is 6.30. The molecule has 0 aliphatic carbocycles. The zero-order valence-corrected chi connectivity index (χ0v) is 13.0. The van der Waals surface area contributed by atoms with Crippen molar-refractivity contribution >= 4 is 17.6 Å². The molecule has 2 amide bonds. The van der Waals surface area contributed by atoms with Crippen LogP contribution in [0.5, 0.6) is 0 Å². The van der Waals surface area contributed by atoms with Crippen molar-refractivity contribution in [2.75, 3.05) is 19.8 Å². The summed E-state index contributed by atoms with van der Waals surface area (Å²) >= 11 is 6.04. The van der Waals surface area contributed by atoms with E-state index in [9.17, 15) is 4.79 Å². The van der Waals surface area contributed by atoms with Crippen LogP contribution in [0.1, 0.15) is 24.5 Å². The van der Waals surface area contributed by atoms with E-state index in [4.69, 9.17) is 16.3 Å². The van der Waals surface area contributed by atoms with Gasteiger partial charge in [0.2, 0.25) is 0 Å². The van der Waals surface area contributed by atoms with Crippen LogP contribution in [-0.2, 0) is 17.7 Å². The molecule has 1 aromatic carbocycles. The minimum absolute atomic E-state index is 0.0139. The van der Waals surface area contributed by atoms with Crippen LogP contribution in [0.4, 0.5) is 4.79 Å². The van der Waals surface area contributed by atoms with Crippen molar-refractivity contribution < 1.29 is 9.53 Å². The van der Waals surface area contributed by atoms with Crippen LogP contribution < -0.4 is 5.32 Å². The molecule has 114 valence electrons. The molecule has 0 spiro atoms. The van der Waals surface area contributed by atoms with Crippen molar-refractivity contribution in [1.29, 1.82) is 0 Å². The van der Waals surface area contributed by atoms with Gasteiger partial charge in [-0.15, -0.1) is 0 Å². The van der Waals surface area contributed by atoms with E-state index in [1.807, 2.05) is 17.0 Å². The second-order valence-electron chi connectivity index (χ2n) is 5.95. The van der Waals surface area contributed by atoms with Crippen molar-refractivity contribution in [2.24, 2.45) is 5.92 Å². The molecule has 0 saturated carbocycles. The lowest BCUT2D eigenvalue weighted by Crippen LogP contribution is -2.48. The number of nitrogens with zero attached hydrogens (tertiary/aromatic N) is 1. The Morgan fingerprint density at radius 3 is 3.10 bits per heavy atom. The average Bonchev–Trinajstić information content (AvgIpc) is 3.00. The SMILES string of the molecule is CC(NC(=O)N1CCc2ccc(Cl)cc2C1)C1CCOC1. The second kappa shape index (κ2) is 6.24. The third-order valence-corrected chi connectivity index (χ3v) is 4.73. The van der Waals surface area contributed by atoms with Gasteiger partial charge < -0.3 is 15.0 Å². The highest BCUT2D eigenvalue weighted by Crippen LogP contribution is 2.23. The second-order valence-corrected chi connectivity index (χ2v) is 6.38. The maximum atomic E-state index is 12.4. The molecule has 2 heterocycles. The summed E-state index contributed by atoms with van der Waals surface area (Å²) < 4.78 is 5.39. The number of urea groups is 1. The van der Waals surface area contributed by atoms with Gasteiger partial charge in [-0.05, 0) is 43.0 Å². The summed E-state index contributed by atoms with van der Waals surface area (Å²) in [5.41, 5.74) is 2.45. The Bertz CT molecular complexity index is 529. The molecule has 2 atom stereocenters. The molecule has 0 bridgehead atoms. The zero-order valence-electron chi connectivity index (χ0n) is 12.3. The first kappa shape index (κ1) is 14.7. The van der Waals surface area contributed by atoms with Gasteiger partial charge in [-0.25, -0.2) is 4.79 Å². The van der Waals surface area contributed by atoms with E-state index >= 15 is 0 Å². The summed E-state index contributed by atoms with van der Waals surface area (Å²) in [4.78, 5) is 14.3. The largest absolute Gasteiger partial charge is 0.381 e. The van der Waals surface area contributed by atoms with Crippen molar-refractivity contribution in [3.05, 3.63) is 34.3 Å². The average molecular weight is 309 g/mol. The standard InChI is InChI=1S/C16H21ClN2O2/c1-11(13-5-7-21-10-13)18-16(20)19-6-4-12-2-3-15(17)8-14(12)9-19/h2-3,8,11,13H,4-7,9-10H2,1H3,(H,18,20). The van der Waals surface area contributed by atoms with Gasteiger partial charge in [0.15, 0.2) is 0 Å². The van der Waals surface area contributed by atoms with E-state index in [0.717, 1.165) is 43.2 Å². The van der Waals surface area contributed by atoms with Gasteiger partial charge in [0.1, 0.15) is 0 Å². The van der Waals surface area contributed by atoms with Crippen LogP contribution in [-0.4, -0.2) is 36.7 Å². The van der Waals surface area contributed by atoms with Crippen molar-refractivity contribution in [3.63, 3.8) is 0 Å². The third kappa shape index (κ3) is 3.33. The molecule has 1 saturated heterocycles. The number of benzene rings is 1. The lowest BCUT2D eigenvalue weighted by molar-refractivity contribution is 0.169. The minimum atomic E-state index is 0.0139. The normalized spacial score (nSPS) is 22.8. The number of hydrogen-bond acceptors (Lipinski definition) is 2. The predicted octanol–water partition coefficient (Wildman–Crippen LogP) is 2.83. The molecule has 2 aliphatic heterocycles. The van der Waals surface area contributed by atoms with Crippen molar-refractivity contribution in [2.45, 2.75) is 32.4 Å². The number of carbonyl (C=O) groups excluding carboxylic acids is 1. The third-order valence-electron chi connectivity index (χ3n) is 4.49. The quantitative estimate of drug-likeness (QED) is 0.913. The molecule has 1 N–H and O–H groups in total. The molecule has 0 radical (unpaired) electrons. The molecule has 2 aliphatic rings. The van der Waals surface area contributed by atoms with Gasteiger partial charge >= 0.3 is 6.03 Å². The van der Waals surface area contributed by atoms with Gasteiger partial charge in [-0.2, -0.15) is 0 Å². The molecule has 21 heavy (non-hydrogen) atoms. The summed E-state index contributed by atoms with van der Waals surface area (Å²) in [6.07, 6.45) is 1.92. The predicted molar refractivity (Wildman–Crippen MR) is 82.5 cm³/mol. The van der Waals surface area contributed by atoms with Gasteiger partial charge in [-0.3, -0.25) is 0 Å². The van der Waals surface area contributed by atoms with E-state index in [-0.39, 0.29) is 12.1 Å². The summed E-state index contributed by atoms with van der Waals surface area (Å²) in [5.74, 6) is 0.431. The summed E-state index contributed by atoms with van der Waals surface area (Å²) in [6, 6.07) is 6.11. The number of fused-ring (bicyclic) bond motifs is 1. The number of halogens is 1. The Kier molecular flexibility index (Phi) is 4.36. The number of carbonyl (C=O) groups is 1. The van der Waals surface area contributed by atoms with Crippen LogP contribution >= 0.6 is 11.6 Å². The van der Waals surface area contributed by atoms with Crippen LogP contribution in [0, 0.1) is 5.92 Å². The Balaban J connectivity index is 1.61. The Labute approximate surface area is 130 Å². The molecular weight excluding hydrogens is 288 g/mol.